The van der Waals surface area contributed by atoms with Crippen LogP contribution in [0, 0.1) is 0 Å². The van der Waals surface area contributed by atoms with Crippen LogP contribution >= 0.6 is 11.6 Å². The Morgan fingerprint density at radius 1 is 1.42 bits per heavy atom. The fourth-order valence-corrected chi connectivity index (χ4v) is 1.90. The fourth-order valence-electron chi connectivity index (χ4n) is 1.64. The molecule has 0 aliphatic carbocycles. The summed E-state index contributed by atoms with van der Waals surface area (Å²) in [4.78, 5) is 21.6. The fraction of sp³-hybridized carbons (Fsp3) is 0.0769. The SMILES string of the molecule is COc1cc(-c2ccc(C=O)o2)c(Cl)cc1C(=O)O. The molecule has 0 saturated carbocycles. The van der Waals surface area contributed by atoms with Crippen molar-refractivity contribution in [2.24, 2.45) is 0 Å². The number of rotatable bonds is 4. The third-order valence-electron chi connectivity index (χ3n) is 2.53. The highest BCUT2D eigenvalue weighted by Gasteiger charge is 2.17. The Kier molecular flexibility index (Phi) is 3.57. The molecule has 1 aromatic carbocycles. The molecular weight excluding hydrogens is 272 g/mol. The van der Waals surface area contributed by atoms with E-state index in [9.17, 15) is 9.59 Å². The minimum absolute atomic E-state index is 0.0431. The molecular formula is C13H9ClO5. The average molecular weight is 281 g/mol. The van der Waals surface area contributed by atoms with Crippen LogP contribution in [0.1, 0.15) is 20.9 Å². The van der Waals surface area contributed by atoms with Gasteiger partial charge in [-0.25, -0.2) is 4.79 Å². The van der Waals surface area contributed by atoms with Gasteiger partial charge in [0.25, 0.3) is 0 Å². The first-order valence-corrected chi connectivity index (χ1v) is 5.61. The Balaban J connectivity index is 2.58. The van der Waals surface area contributed by atoms with Crippen LogP contribution < -0.4 is 4.74 Å². The van der Waals surface area contributed by atoms with Crippen molar-refractivity contribution in [2.45, 2.75) is 0 Å². The van der Waals surface area contributed by atoms with Crippen LogP contribution in [0.2, 0.25) is 5.02 Å². The molecule has 0 radical (unpaired) electrons. The van der Waals surface area contributed by atoms with Gasteiger partial charge in [0, 0.05) is 5.56 Å². The van der Waals surface area contributed by atoms with E-state index in [0.29, 0.717) is 17.6 Å². The van der Waals surface area contributed by atoms with Crippen LogP contribution in [0.3, 0.4) is 0 Å². The van der Waals surface area contributed by atoms with Crippen molar-refractivity contribution in [3.05, 3.63) is 40.6 Å². The standard InChI is InChI=1S/C13H9ClO5/c1-18-12-5-8(10(14)4-9(12)13(16)17)11-3-2-7(6-15)19-11/h2-6H,1H3,(H,16,17). The maximum Gasteiger partial charge on any atom is 0.339 e. The van der Waals surface area contributed by atoms with Crippen LogP contribution in [-0.4, -0.2) is 24.5 Å². The molecule has 6 heteroatoms. The zero-order chi connectivity index (χ0) is 14.0. The second-order valence-corrected chi connectivity index (χ2v) is 4.06. The number of aromatic carboxylic acids is 1. The smallest absolute Gasteiger partial charge is 0.339 e. The Labute approximate surface area is 113 Å². The summed E-state index contributed by atoms with van der Waals surface area (Å²) in [6.07, 6.45) is 0.570. The molecule has 98 valence electrons. The average Bonchev–Trinajstić information content (AvgIpc) is 2.86. The molecule has 1 heterocycles. The highest BCUT2D eigenvalue weighted by Crippen LogP contribution is 2.35. The molecule has 2 rings (SSSR count). The summed E-state index contributed by atoms with van der Waals surface area (Å²) in [7, 11) is 1.36. The lowest BCUT2D eigenvalue weighted by Crippen LogP contribution is -2.01. The van der Waals surface area contributed by atoms with E-state index >= 15 is 0 Å². The number of methoxy groups -OCH3 is 1. The Morgan fingerprint density at radius 2 is 2.16 bits per heavy atom. The summed E-state index contributed by atoms with van der Waals surface area (Å²) in [5, 5.41) is 9.22. The highest BCUT2D eigenvalue weighted by molar-refractivity contribution is 6.33. The van der Waals surface area contributed by atoms with E-state index in [1.54, 1.807) is 6.07 Å². The molecule has 0 spiro atoms. The van der Waals surface area contributed by atoms with Gasteiger partial charge in [-0.3, -0.25) is 4.79 Å². The molecule has 1 N–H and O–H groups in total. The van der Waals surface area contributed by atoms with Crippen LogP contribution in [0.25, 0.3) is 11.3 Å². The molecule has 0 aliphatic heterocycles. The topological polar surface area (TPSA) is 76.7 Å². The summed E-state index contributed by atoms with van der Waals surface area (Å²) in [5.41, 5.74) is 0.412. The predicted molar refractivity (Wildman–Crippen MR) is 68.1 cm³/mol. The Hall–Kier alpha value is -2.27. The molecule has 19 heavy (non-hydrogen) atoms. The summed E-state index contributed by atoms with van der Waals surface area (Å²) in [6.45, 7) is 0. The van der Waals surface area contributed by atoms with Gasteiger partial charge in [-0.05, 0) is 24.3 Å². The lowest BCUT2D eigenvalue weighted by Gasteiger charge is -2.08. The molecule has 1 aromatic heterocycles. The van der Waals surface area contributed by atoms with E-state index in [1.807, 2.05) is 0 Å². The minimum atomic E-state index is -1.14. The zero-order valence-corrected chi connectivity index (χ0v) is 10.6. The number of benzene rings is 1. The van der Waals surface area contributed by atoms with Crippen molar-refractivity contribution in [1.82, 2.24) is 0 Å². The quantitative estimate of drug-likeness (QED) is 0.871. The minimum Gasteiger partial charge on any atom is -0.496 e. The molecule has 0 bridgehead atoms. The molecule has 0 saturated heterocycles. The largest absolute Gasteiger partial charge is 0.496 e. The predicted octanol–water partition coefficient (Wildman–Crippen LogP) is 3.12. The number of carbonyl (C=O) groups excluding carboxylic acids is 1. The van der Waals surface area contributed by atoms with Crippen molar-refractivity contribution in [2.75, 3.05) is 7.11 Å². The summed E-state index contributed by atoms with van der Waals surface area (Å²) >= 11 is 6.02. The van der Waals surface area contributed by atoms with Crippen LogP contribution in [-0.2, 0) is 0 Å². The number of ether oxygens (including phenoxy) is 1. The first-order valence-electron chi connectivity index (χ1n) is 5.23. The van der Waals surface area contributed by atoms with Crippen molar-refractivity contribution in [1.29, 1.82) is 0 Å². The van der Waals surface area contributed by atoms with Gasteiger partial charge in [-0.1, -0.05) is 11.6 Å². The van der Waals surface area contributed by atoms with Crippen molar-refractivity contribution < 1.29 is 23.8 Å². The molecule has 0 aliphatic rings. The Morgan fingerprint density at radius 3 is 2.68 bits per heavy atom. The maximum absolute atomic E-state index is 11.0. The molecule has 0 atom stereocenters. The molecule has 2 aromatic rings. The number of halogens is 1. The van der Waals surface area contributed by atoms with E-state index in [0.717, 1.165) is 0 Å². The van der Waals surface area contributed by atoms with Crippen molar-refractivity contribution in [3.8, 4) is 17.1 Å². The monoisotopic (exact) mass is 280 g/mol. The summed E-state index contributed by atoms with van der Waals surface area (Å²) in [6, 6.07) is 5.81. The second kappa shape index (κ2) is 5.16. The van der Waals surface area contributed by atoms with Gasteiger partial charge in [0.1, 0.15) is 17.1 Å². The number of carbonyl (C=O) groups is 2. The number of hydrogen-bond acceptors (Lipinski definition) is 4. The van der Waals surface area contributed by atoms with Crippen molar-refractivity contribution >= 4 is 23.9 Å². The lowest BCUT2D eigenvalue weighted by molar-refractivity contribution is 0.0693. The molecule has 5 nitrogen and oxygen atoms in total. The Bertz CT molecular complexity index is 644. The summed E-state index contributed by atoms with van der Waals surface area (Å²) in [5.74, 6) is -0.455. The van der Waals surface area contributed by atoms with Gasteiger partial charge >= 0.3 is 5.97 Å². The van der Waals surface area contributed by atoms with E-state index < -0.39 is 5.97 Å². The van der Waals surface area contributed by atoms with Crippen LogP contribution in [0.4, 0.5) is 0 Å². The number of carboxylic acid groups (broad SMARTS) is 1. The third kappa shape index (κ3) is 2.46. The molecule has 0 amide bonds. The maximum atomic E-state index is 11.0. The number of hydrogen-bond donors (Lipinski definition) is 1. The van der Waals surface area contributed by atoms with E-state index in [2.05, 4.69) is 0 Å². The number of aldehydes is 1. The molecule has 0 unspecified atom stereocenters. The zero-order valence-electron chi connectivity index (χ0n) is 9.84. The van der Waals surface area contributed by atoms with Gasteiger partial charge in [0.05, 0.1) is 12.1 Å². The van der Waals surface area contributed by atoms with Gasteiger partial charge in [-0.15, -0.1) is 0 Å². The van der Waals surface area contributed by atoms with Gasteiger partial charge in [0.15, 0.2) is 12.0 Å². The van der Waals surface area contributed by atoms with E-state index in [1.165, 1.54) is 25.3 Å². The van der Waals surface area contributed by atoms with Gasteiger partial charge in [-0.2, -0.15) is 0 Å². The lowest BCUT2D eigenvalue weighted by atomic mass is 10.1. The van der Waals surface area contributed by atoms with Crippen molar-refractivity contribution in [3.63, 3.8) is 0 Å². The second-order valence-electron chi connectivity index (χ2n) is 3.66. The molecule has 0 fully saturated rings. The van der Waals surface area contributed by atoms with E-state index in [4.69, 9.17) is 25.9 Å². The number of furan rings is 1. The van der Waals surface area contributed by atoms with E-state index in [-0.39, 0.29) is 22.1 Å². The first kappa shape index (κ1) is 13.2. The van der Waals surface area contributed by atoms with Crippen LogP contribution in [0.5, 0.6) is 5.75 Å². The summed E-state index contributed by atoms with van der Waals surface area (Å²) < 4.78 is 10.3. The highest BCUT2D eigenvalue weighted by atomic mass is 35.5. The van der Waals surface area contributed by atoms with Crippen LogP contribution in [0.15, 0.2) is 28.7 Å². The normalized spacial score (nSPS) is 10.2. The van der Waals surface area contributed by atoms with Gasteiger partial charge < -0.3 is 14.3 Å². The van der Waals surface area contributed by atoms with Gasteiger partial charge in [0.2, 0.25) is 0 Å². The first-order chi connectivity index (χ1) is 9.06. The third-order valence-corrected chi connectivity index (χ3v) is 2.84. The number of carboxylic acids is 1.